The molecule has 1 aliphatic heterocycles. The molecular formula is C11H15BrO7. The molecule has 0 aromatic rings. The van der Waals surface area contributed by atoms with Crippen LogP contribution in [-0.2, 0) is 33.3 Å². The Labute approximate surface area is 118 Å². The van der Waals surface area contributed by atoms with Gasteiger partial charge in [-0.05, 0) is 0 Å². The zero-order chi connectivity index (χ0) is 14.6. The average Bonchev–Trinajstić information content (AvgIpc) is 2.25. The van der Waals surface area contributed by atoms with Crippen molar-refractivity contribution in [3.63, 3.8) is 0 Å². The van der Waals surface area contributed by atoms with Crippen LogP contribution in [-0.4, -0.2) is 47.8 Å². The topological polar surface area (TPSA) is 88.1 Å². The van der Waals surface area contributed by atoms with Gasteiger partial charge in [-0.25, -0.2) is 0 Å². The second-order valence-electron chi connectivity index (χ2n) is 3.98. The molecule has 1 fully saturated rings. The Bertz CT molecular complexity index is 370. The van der Waals surface area contributed by atoms with Crippen LogP contribution in [0.15, 0.2) is 0 Å². The maximum absolute atomic E-state index is 11.1. The Hall–Kier alpha value is -1.15. The number of esters is 3. The number of carbonyl (C=O) groups excluding carboxylic acids is 3. The third kappa shape index (κ3) is 4.79. The van der Waals surface area contributed by atoms with Crippen molar-refractivity contribution >= 4 is 33.8 Å². The van der Waals surface area contributed by atoms with Crippen molar-refractivity contribution in [2.45, 2.75) is 44.1 Å². The van der Waals surface area contributed by atoms with Crippen molar-refractivity contribution < 1.29 is 33.3 Å². The minimum atomic E-state index is -0.913. The number of ether oxygens (including phenoxy) is 4. The van der Waals surface area contributed by atoms with Crippen molar-refractivity contribution in [2.24, 2.45) is 0 Å². The van der Waals surface area contributed by atoms with Crippen molar-refractivity contribution in [3.8, 4) is 0 Å². The van der Waals surface area contributed by atoms with Crippen LogP contribution < -0.4 is 0 Å². The van der Waals surface area contributed by atoms with Crippen LogP contribution in [0.2, 0.25) is 0 Å². The highest BCUT2D eigenvalue weighted by molar-refractivity contribution is 9.09. The van der Waals surface area contributed by atoms with Gasteiger partial charge >= 0.3 is 17.9 Å². The second-order valence-corrected chi connectivity index (χ2v) is 4.88. The molecule has 0 amide bonds. The van der Waals surface area contributed by atoms with Gasteiger partial charge in [-0.15, -0.1) is 0 Å². The lowest BCUT2D eigenvalue weighted by atomic mass is 10.1. The zero-order valence-corrected chi connectivity index (χ0v) is 12.3. The predicted molar refractivity (Wildman–Crippen MR) is 65.3 cm³/mol. The van der Waals surface area contributed by atoms with Gasteiger partial charge in [-0.1, -0.05) is 15.9 Å². The first-order chi connectivity index (χ1) is 8.81. The van der Waals surface area contributed by atoms with Gasteiger partial charge in [0.25, 0.3) is 0 Å². The first kappa shape index (κ1) is 15.9. The molecule has 108 valence electrons. The van der Waals surface area contributed by atoms with Gasteiger partial charge < -0.3 is 18.9 Å². The predicted octanol–water partition coefficient (Wildman–Crippen LogP) is 0.533. The van der Waals surface area contributed by atoms with E-state index in [9.17, 15) is 14.4 Å². The second kappa shape index (κ2) is 6.85. The van der Waals surface area contributed by atoms with Gasteiger partial charge in [0.2, 0.25) is 0 Å². The summed E-state index contributed by atoms with van der Waals surface area (Å²) in [5.41, 5.74) is 0. The van der Waals surface area contributed by atoms with Crippen molar-refractivity contribution in [3.05, 3.63) is 0 Å². The zero-order valence-electron chi connectivity index (χ0n) is 10.8. The first-order valence-corrected chi connectivity index (χ1v) is 6.50. The normalized spacial score (nSPS) is 30.3. The summed E-state index contributed by atoms with van der Waals surface area (Å²) in [7, 11) is 0. The van der Waals surface area contributed by atoms with Gasteiger partial charge in [-0.3, -0.25) is 14.4 Å². The van der Waals surface area contributed by atoms with Crippen LogP contribution in [0.4, 0.5) is 0 Å². The standard InChI is InChI=1S/C11H15BrO7/c1-5(13)17-8-4-16-11(12)10(19-7(3)15)9(8)18-6(2)14/h8-11H,4H2,1-3H3/t8-,9+,10+,11-/m0/s1. The molecular weight excluding hydrogens is 324 g/mol. The maximum atomic E-state index is 11.1. The molecule has 0 saturated carbocycles. The van der Waals surface area contributed by atoms with Crippen LogP contribution in [0.25, 0.3) is 0 Å². The first-order valence-electron chi connectivity index (χ1n) is 5.58. The Balaban J connectivity index is 2.89. The summed E-state index contributed by atoms with van der Waals surface area (Å²) in [6.45, 7) is 3.70. The fourth-order valence-corrected chi connectivity index (χ4v) is 2.26. The van der Waals surface area contributed by atoms with E-state index in [1.807, 2.05) is 0 Å². The lowest BCUT2D eigenvalue weighted by Crippen LogP contribution is -2.55. The van der Waals surface area contributed by atoms with Crippen LogP contribution >= 0.6 is 15.9 Å². The molecule has 0 N–H and O–H groups in total. The van der Waals surface area contributed by atoms with Crippen LogP contribution in [0, 0.1) is 0 Å². The molecule has 0 aromatic carbocycles. The van der Waals surface area contributed by atoms with Crippen molar-refractivity contribution in [2.75, 3.05) is 6.61 Å². The summed E-state index contributed by atoms with van der Waals surface area (Å²) in [5.74, 6) is -1.67. The summed E-state index contributed by atoms with van der Waals surface area (Å²) in [5, 5.41) is -0.646. The van der Waals surface area contributed by atoms with E-state index >= 15 is 0 Å². The van der Waals surface area contributed by atoms with E-state index in [1.165, 1.54) is 20.8 Å². The summed E-state index contributed by atoms with van der Waals surface area (Å²) in [6, 6.07) is 0. The van der Waals surface area contributed by atoms with E-state index in [0.717, 1.165) is 0 Å². The fourth-order valence-electron chi connectivity index (χ4n) is 1.70. The molecule has 4 atom stereocenters. The highest BCUT2D eigenvalue weighted by Gasteiger charge is 2.45. The molecule has 0 aliphatic carbocycles. The average molecular weight is 339 g/mol. The molecule has 0 bridgehead atoms. The fraction of sp³-hybridized carbons (Fsp3) is 0.727. The van der Waals surface area contributed by atoms with Crippen molar-refractivity contribution in [1.29, 1.82) is 0 Å². The molecule has 19 heavy (non-hydrogen) atoms. The largest absolute Gasteiger partial charge is 0.456 e. The van der Waals surface area contributed by atoms with Gasteiger partial charge in [0.05, 0.1) is 6.61 Å². The summed E-state index contributed by atoms with van der Waals surface area (Å²) >= 11 is 3.18. The molecule has 0 aromatic heterocycles. The summed E-state index contributed by atoms with van der Waals surface area (Å²) in [4.78, 5) is 33.2. The molecule has 1 heterocycles. The Morgan fingerprint density at radius 1 is 0.947 bits per heavy atom. The summed E-state index contributed by atoms with van der Waals surface area (Å²) in [6.07, 6.45) is -2.62. The number of hydrogen-bond donors (Lipinski definition) is 0. The van der Waals surface area contributed by atoms with Gasteiger partial charge in [0.1, 0.15) is 0 Å². The maximum Gasteiger partial charge on any atom is 0.303 e. The smallest absolute Gasteiger partial charge is 0.303 e. The molecule has 7 nitrogen and oxygen atoms in total. The van der Waals surface area contributed by atoms with Crippen LogP contribution in [0.3, 0.4) is 0 Å². The van der Waals surface area contributed by atoms with Crippen LogP contribution in [0.1, 0.15) is 20.8 Å². The lowest BCUT2D eigenvalue weighted by Gasteiger charge is -2.38. The number of carbonyl (C=O) groups is 3. The van der Waals surface area contributed by atoms with E-state index in [1.54, 1.807) is 0 Å². The number of rotatable bonds is 3. The monoisotopic (exact) mass is 338 g/mol. The van der Waals surface area contributed by atoms with E-state index < -0.39 is 41.2 Å². The van der Waals surface area contributed by atoms with E-state index in [-0.39, 0.29) is 6.61 Å². The van der Waals surface area contributed by atoms with E-state index in [0.29, 0.717) is 0 Å². The minimum absolute atomic E-state index is 0.0329. The quantitative estimate of drug-likeness (QED) is 0.421. The number of alkyl halides is 1. The molecule has 1 aliphatic rings. The van der Waals surface area contributed by atoms with Gasteiger partial charge in [-0.2, -0.15) is 0 Å². The molecule has 1 rings (SSSR count). The van der Waals surface area contributed by atoms with E-state index in [4.69, 9.17) is 18.9 Å². The highest BCUT2D eigenvalue weighted by atomic mass is 79.9. The molecule has 0 unspecified atom stereocenters. The molecule has 0 radical (unpaired) electrons. The van der Waals surface area contributed by atoms with Gasteiger partial charge in [0, 0.05) is 20.8 Å². The third-order valence-corrected chi connectivity index (χ3v) is 3.08. The SMILES string of the molecule is CC(=O)O[C@@H]1[C@H](OC(C)=O)[C@@H](OC(C)=O)CO[C@@H]1Br. The lowest BCUT2D eigenvalue weighted by molar-refractivity contribution is -0.212. The minimum Gasteiger partial charge on any atom is -0.456 e. The third-order valence-electron chi connectivity index (χ3n) is 2.29. The molecule has 8 heteroatoms. The molecule has 0 spiro atoms. The van der Waals surface area contributed by atoms with E-state index in [2.05, 4.69) is 15.9 Å². The van der Waals surface area contributed by atoms with Crippen LogP contribution in [0.5, 0.6) is 0 Å². The summed E-state index contributed by atoms with van der Waals surface area (Å²) < 4.78 is 20.4. The number of halogens is 1. The number of hydrogen-bond acceptors (Lipinski definition) is 7. The molecule has 1 saturated heterocycles. The Morgan fingerprint density at radius 2 is 1.42 bits per heavy atom. The highest BCUT2D eigenvalue weighted by Crippen LogP contribution is 2.27. The van der Waals surface area contributed by atoms with Crippen molar-refractivity contribution in [1.82, 2.24) is 0 Å². The Kier molecular flexibility index (Phi) is 5.74. The Morgan fingerprint density at radius 3 is 1.89 bits per heavy atom. The van der Waals surface area contributed by atoms with Gasteiger partial charge in [0.15, 0.2) is 23.3 Å².